The van der Waals surface area contributed by atoms with Crippen LogP contribution in [-0.2, 0) is 11.2 Å². The first-order valence-corrected chi connectivity index (χ1v) is 6.38. The minimum atomic E-state index is -5.02. The number of benzene rings is 1. The third-order valence-corrected chi connectivity index (χ3v) is 3.52. The highest BCUT2D eigenvalue weighted by molar-refractivity contribution is 5.84. The zero-order valence-electron chi connectivity index (χ0n) is 11.1. The number of nitrogens with one attached hydrogen (secondary N) is 1. The number of carbonyl (C=O) groups is 2. The number of halogens is 3. The van der Waals surface area contributed by atoms with E-state index in [1.54, 1.807) is 0 Å². The smallest absolute Gasteiger partial charge is 0.341 e. The molecule has 1 amide bonds. The molecule has 0 aliphatic heterocycles. The van der Waals surface area contributed by atoms with Gasteiger partial charge in [-0.05, 0) is 30.9 Å². The Hall–Kier alpha value is -2.45. The van der Waals surface area contributed by atoms with Crippen LogP contribution in [0.1, 0.15) is 40.4 Å². The normalized spacial score (nSPS) is 17.5. The topological polar surface area (TPSA) is 89.3 Å². The highest BCUT2D eigenvalue weighted by atomic mass is 19.4. The summed E-state index contributed by atoms with van der Waals surface area (Å²) in [7, 11) is 0. The summed E-state index contributed by atoms with van der Waals surface area (Å²) in [6, 6.07) is 1.58. The van der Waals surface area contributed by atoms with Gasteiger partial charge < -0.3 is 5.32 Å². The Bertz CT molecular complexity index is 643. The molecule has 0 saturated carbocycles. The van der Waals surface area contributed by atoms with Gasteiger partial charge in [-0.2, -0.15) is 13.2 Å². The molecule has 0 fully saturated rings. The van der Waals surface area contributed by atoms with Crippen molar-refractivity contribution >= 4 is 17.9 Å². The molecule has 1 aromatic rings. The number of hydrogen-bond acceptors (Lipinski definition) is 4. The molecular formula is C13H11F3N2O4. The molecule has 0 aromatic heterocycles. The number of nitro benzene ring substituents is 1. The molecule has 0 spiro atoms. The van der Waals surface area contributed by atoms with Crippen LogP contribution in [-0.4, -0.2) is 23.3 Å². The van der Waals surface area contributed by atoms with Gasteiger partial charge in [0.25, 0.3) is 5.69 Å². The Morgan fingerprint density at radius 3 is 2.64 bits per heavy atom. The first-order chi connectivity index (χ1) is 10.3. The molecule has 22 heavy (non-hydrogen) atoms. The van der Waals surface area contributed by atoms with E-state index in [9.17, 15) is 32.9 Å². The highest BCUT2D eigenvalue weighted by Crippen LogP contribution is 2.37. The summed E-state index contributed by atoms with van der Waals surface area (Å²) in [5, 5.41) is 13.0. The number of amides is 1. The zero-order chi connectivity index (χ0) is 16.5. The van der Waals surface area contributed by atoms with Crippen LogP contribution in [0.25, 0.3) is 0 Å². The van der Waals surface area contributed by atoms with Crippen molar-refractivity contribution in [3.05, 3.63) is 38.9 Å². The largest absolute Gasteiger partial charge is 0.471 e. The highest BCUT2D eigenvalue weighted by Gasteiger charge is 2.41. The molecule has 0 saturated heterocycles. The maximum Gasteiger partial charge on any atom is 0.471 e. The second-order valence-electron chi connectivity index (χ2n) is 4.86. The van der Waals surface area contributed by atoms with Crippen LogP contribution in [0.4, 0.5) is 18.9 Å². The predicted molar refractivity (Wildman–Crippen MR) is 68.4 cm³/mol. The van der Waals surface area contributed by atoms with Gasteiger partial charge in [0.15, 0.2) is 6.29 Å². The van der Waals surface area contributed by atoms with Crippen molar-refractivity contribution in [3.63, 3.8) is 0 Å². The van der Waals surface area contributed by atoms with E-state index in [0.29, 0.717) is 12.7 Å². The molecule has 1 unspecified atom stereocenters. The summed E-state index contributed by atoms with van der Waals surface area (Å²) in [5.74, 6) is -2.09. The second-order valence-corrected chi connectivity index (χ2v) is 4.86. The minimum absolute atomic E-state index is 0.133. The fourth-order valence-electron chi connectivity index (χ4n) is 2.60. The molecule has 9 heteroatoms. The van der Waals surface area contributed by atoms with Crippen LogP contribution in [0.5, 0.6) is 0 Å². The van der Waals surface area contributed by atoms with Gasteiger partial charge in [0.2, 0.25) is 0 Å². The van der Waals surface area contributed by atoms with E-state index in [2.05, 4.69) is 0 Å². The number of carbonyl (C=O) groups excluding carboxylic acids is 2. The molecule has 2 rings (SSSR count). The first kappa shape index (κ1) is 15.9. The van der Waals surface area contributed by atoms with Crippen LogP contribution in [0.15, 0.2) is 12.1 Å². The minimum Gasteiger partial charge on any atom is -0.341 e. The lowest BCUT2D eigenvalue weighted by atomic mass is 9.85. The van der Waals surface area contributed by atoms with Crippen molar-refractivity contribution in [3.8, 4) is 0 Å². The second kappa shape index (κ2) is 5.74. The summed E-state index contributed by atoms with van der Waals surface area (Å²) in [6.07, 6.45) is -3.81. The Kier molecular flexibility index (Phi) is 4.16. The van der Waals surface area contributed by atoms with Crippen LogP contribution in [0.3, 0.4) is 0 Å². The van der Waals surface area contributed by atoms with Crippen molar-refractivity contribution in [1.82, 2.24) is 5.32 Å². The third-order valence-electron chi connectivity index (χ3n) is 3.52. The lowest BCUT2D eigenvalue weighted by Crippen LogP contribution is -2.40. The summed E-state index contributed by atoms with van der Waals surface area (Å²) in [6.45, 7) is 0. The van der Waals surface area contributed by atoms with Crippen molar-refractivity contribution in [2.45, 2.75) is 31.5 Å². The molecule has 0 heterocycles. The summed E-state index contributed by atoms with van der Waals surface area (Å²) < 4.78 is 37.0. The van der Waals surface area contributed by atoms with Crippen LogP contribution < -0.4 is 5.32 Å². The fraction of sp³-hybridized carbons (Fsp3) is 0.385. The van der Waals surface area contributed by atoms with Crippen LogP contribution in [0, 0.1) is 10.1 Å². The van der Waals surface area contributed by atoms with Gasteiger partial charge in [0.1, 0.15) is 0 Å². The SMILES string of the molecule is O=Cc1ccc2c(c1[N+](=O)[O-])CCCC2NC(=O)C(F)(F)F. The molecule has 1 aromatic carbocycles. The standard InChI is InChI=1S/C13H11F3N2O4/c14-13(15,16)12(20)17-10-3-1-2-9-8(10)5-4-7(6-19)11(9)18(21)22/h4-6,10H,1-3H2,(H,17,20). The lowest BCUT2D eigenvalue weighted by molar-refractivity contribution is -0.385. The molecule has 6 nitrogen and oxygen atoms in total. The van der Waals surface area contributed by atoms with Gasteiger partial charge in [0.05, 0.1) is 16.5 Å². The summed E-state index contributed by atoms with van der Waals surface area (Å²) in [5.41, 5.74) is -0.0838. The third kappa shape index (κ3) is 2.92. The Balaban J connectivity index is 2.44. The van der Waals surface area contributed by atoms with Gasteiger partial charge in [-0.3, -0.25) is 19.7 Å². The quantitative estimate of drug-likeness (QED) is 0.527. The van der Waals surface area contributed by atoms with E-state index in [-0.39, 0.29) is 29.5 Å². The Morgan fingerprint density at radius 2 is 2.09 bits per heavy atom. The van der Waals surface area contributed by atoms with Gasteiger partial charge in [-0.1, -0.05) is 6.07 Å². The molecule has 1 atom stereocenters. The van der Waals surface area contributed by atoms with Gasteiger partial charge in [0, 0.05) is 5.56 Å². The number of nitrogens with zero attached hydrogens (tertiary/aromatic N) is 1. The molecule has 0 radical (unpaired) electrons. The van der Waals surface area contributed by atoms with Gasteiger partial charge in [-0.15, -0.1) is 0 Å². The van der Waals surface area contributed by atoms with Gasteiger partial charge >= 0.3 is 12.1 Å². The molecule has 0 bridgehead atoms. The zero-order valence-corrected chi connectivity index (χ0v) is 11.1. The van der Waals surface area contributed by atoms with Crippen LogP contribution >= 0.6 is 0 Å². The number of alkyl halides is 3. The molecular weight excluding hydrogens is 305 g/mol. The van der Waals surface area contributed by atoms with Crippen molar-refractivity contribution in [2.24, 2.45) is 0 Å². The Morgan fingerprint density at radius 1 is 1.41 bits per heavy atom. The van der Waals surface area contributed by atoms with Crippen LogP contribution in [0.2, 0.25) is 0 Å². The predicted octanol–water partition coefficient (Wildman–Crippen LogP) is 2.46. The maximum absolute atomic E-state index is 12.3. The number of hydrogen-bond donors (Lipinski definition) is 1. The van der Waals surface area contributed by atoms with E-state index in [0.717, 1.165) is 0 Å². The van der Waals surface area contributed by atoms with Crippen molar-refractivity contribution in [2.75, 3.05) is 0 Å². The van der Waals surface area contributed by atoms with E-state index in [1.165, 1.54) is 12.1 Å². The number of aldehydes is 1. The average Bonchev–Trinajstić information content (AvgIpc) is 2.44. The molecule has 1 aliphatic carbocycles. The first-order valence-electron chi connectivity index (χ1n) is 6.38. The Labute approximate surface area is 122 Å². The molecule has 1 aliphatic rings. The molecule has 1 N–H and O–H groups in total. The van der Waals surface area contributed by atoms with E-state index < -0.39 is 28.7 Å². The molecule has 118 valence electrons. The fourth-order valence-corrected chi connectivity index (χ4v) is 2.60. The summed E-state index contributed by atoms with van der Waals surface area (Å²) in [4.78, 5) is 32.3. The van der Waals surface area contributed by atoms with Crippen molar-refractivity contribution in [1.29, 1.82) is 0 Å². The van der Waals surface area contributed by atoms with E-state index in [4.69, 9.17) is 0 Å². The lowest BCUT2D eigenvalue weighted by Gasteiger charge is -2.26. The number of nitro groups is 1. The number of rotatable bonds is 3. The van der Waals surface area contributed by atoms with Crippen molar-refractivity contribution < 1.29 is 27.7 Å². The van der Waals surface area contributed by atoms with E-state index >= 15 is 0 Å². The van der Waals surface area contributed by atoms with Gasteiger partial charge in [-0.25, -0.2) is 0 Å². The monoisotopic (exact) mass is 316 g/mol. The summed E-state index contributed by atoms with van der Waals surface area (Å²) >= 11 is 0. The average molecular weight is 316 g/mol. The van der Waals surface area contributed by atoms with E-state index in [1.807, 2.05) is 5.32 Å². The number of fused-ring (bicyclic) bond motifs is 1. The maximum atomic E-state index is 12.3.